The number of aryl methyl sites for hydroxylation is 3. The second kappa shape index (κ2) is 10.2. The van der Waals surface area contributed by atoms with Gasteiger partial charge in [0.25, 0.3) is 0 Å². The summed E-state index contributed by atoms with van der Waals surface area (Å²) >= 11 is 0. The minimum Gasteiger partial charge on any atom is -0.496 e. The Morgan fingerprint density at radius 2 is 1.26 bits per heavy atom. The monoisotopic (exact) mass is 258 g/mol. The third-order valence-electron chi connectivity index (χ3n) is 2.49. The largest absolute Gasteiger partial charge is 0.496 e. The van der Waals surface area contributed by atoms with Gasteiger partial charge in [-0.05, 0) is 32.4 Å². The van der Waals surface area contributed by atoms with Crippen molar-refractivity contribution in [1.82, 2.24) is 0 Å². The van der Waals surface area contributed by atoms with Crippen molar-refractivity contribution in [1.29, 1.82) is 0 Å². The zero-order valence-electron chi connectivity index (χ0n) is 13.0. The molecule has 0 radical (unpaired) electrons. The van der Waals surface area contributed by atoms with E-state index in [9.17, 15) is 0 Å². The average Bonchev–Trinajstić information content (AvgIpc) is 2.42. The molecule has 0 amide bonds. The lowest BCUT2D eigenvalue weighted by Gasteiger charge is -2.00. The van der Waals surface area contributed by atoms with E-state index in [4.69, 9.17) is 4.74 Å². The Kier molecular flexibility index (Phi) is 9.25. The van der Waals surface area contributed by atoms with E-state index < -0.39 is 0 Å². The third-order valence-corrected chi connectivity index (χ3v) is 2.49. The van der Waals surface area contributed by atoms with E-state index in [0.717, 1.165) is 5.75 Å². The quantitative estimate of drug-likeness (QED) is 0.671. The molecule has 0 aliphatic rings. The SMILES string of the molecule is CC.COc1ccccc1C.Cc1cccc(C)c1. The Hall–Kier alpha value is -1.76. The second-order valence-electron chi connectivity index (χ2n) is 4.13. The maximum absolute atomic E-state index is 5.04. The van der Waals surface area contributed by atoms with Gasteiger partial charge >= 0.3 is 0 Å². The molecule has 2 rings (SSSR count). The molecule has 0 unspecified atom stereocenters. The van der Waals surface area contributed by atoms with Gasteiger partial charge in [0, 0.05) is 0 Å². The van der Waals surface area contributed by atoms with Crippen molar-refractivity contribution >= 4 is 0 Å². The summed E-state index contributed by atoms with van der Waals surface area (Å²) in [6.07, 6.45) is 0. The van der Waals surface area contributed by atoms with E-state index in [1.807, 2.05) is 45.0 Å². The summed E-state index contributed by atoms with van der Waals surface area (Å²) in [5.74, 6) is 0.956. The first-order chi connectivity index (χ1) is 9.13. The van der Waals surface area contributed by atoms with Crippen molar-refractivity contribution in [2.75, 3.05) is 7.11 Å². The highest BCUT2D eigenvalue weighted by Gasteiger charge is 1.90. The van der Waals surface area contributed by atoms with Crippen molar-refractivity contribution in [3.63, 3.8) is 0 Å². The molecule has 2 aromatic carbocycles. The molecule has 0 atom stereocenters. The van der Waals surface area contributed by atoms with Crippen LogP contribution in [-0.2, 0) is 0 Å². The zero-order chi connectivity index (χ0) is 14.7. The highest BCUT2D eigenvalue weighted by atomic mass is 16.5. The molecule has 1 nitrogen and oxygen atoms in total. The Labute approximate surface area is 118 Å². The van der Waals surface area contributed by atoms with Gasteiger partial charge in [-0.25, -0.2) is 0 Å². The first-order valence-electron chi connectivity index (χ1n) is 6.76. The molecule has 0 N–H and O–H groups in total. The molecule has 0 aromatic heterocycles. The normalized spacial score (nSPS) is 8.53. The predicted octanol–water partition coefficient (Wildman–Crippen LogP) is 5.33. The number of rotatable bonds is 1. The van der Waals surface area contributed by atoms with Gasteiger partial charge in [-0.15, -0.1) is 0 Å². The third kappa shape index (κ3) is 7.30. The van der Waals surface area contributed by atoms with Gasteiger partial charge in [0.05, 0.1) is 7.11 Å². The topological polar surface area (TPSA) is 9.23 Å². The van der Waals surface area contributed by atoms with Gasteiger partial charge in [0.2, 0.25) is 0 Å². The molecule has 0 heterocycles. The number of para-hydroxylation sites is 1. The molecule has 104 valence electrons. The highest BCUT2D eigenvalue weighted by molar-refractivity contribution is 5.31. The minimum absolute atomic E-state index is 0.956. The van der Waals surface area contributed by atoms with E-state index in [2.05, 4.69) is 38.1 Å². The van der Waals surface area contributed by atoms with E-state index in [-0.39, 0.29) is 0 Å². The predicted molar refractivity (Wildman–Crippen MR) is 85.0 cm³/mol. The first-order valence-corrected chi connectivity index (χ1v) is 6.76. The van der Waals surface area contributed by atoms with Gasteiger partial charge in [-0.1, -0.05) is 67.4 Å². The van der Waals surface area contributed by atoms with Gasteiger partial charge in [-0.3, -0.25) is 0 Å². The minimum atomic E-state index is 0.956. The van der Waals surface area contributed by atoms with Crippen molar-refractivity contribution in [2.24, 2.45) is 0 Å². The van der Waals surface area contributed by atoms with E-state index in [1.165, 1.54) is 16.7 Å². The Bertz CT molecular complexity index is 444. The molecule has 2 aromatic rings. The van der Waals surface area contributed by atoms with Gasteiger partial charge in [0.1, 0.15) is 5.75 Å². The number of benzene rings is 2. The van der Waals surface area contributed by atoms with Gasteiger partial charge in [-0.2, -0.15) is 0 Å². The van der Waals surface area contributed by atoms with Crippen LogP contribution in [-0.4, -0.2) is 7.11 Å². The van der Waals surface area contributed by atoms with Gasteiger partial charge in [0.15, 0.2) is 0 Å². The fraction of sp³-hybridized carbons (Fsp3) is 0.333. The van der Waals surface area contributed by atoms with Crippen LogP contribution in [0.5, 0.6) is 5.75 Å². The van der Waals surface area contributed by atoms with E-state index >= 15 is 0 Å². The lowest BCUT2D eigenvalue weighted by atomic mass is 10.2. The lowest BCUT2D eigenvalue weighted by Crippen LogP contribution is -1.84. The van der Waals surface area contributed by atoms with Crippen LogP contribution in [0.4, 0.5) is 0 Å². The van der Waals surface area contributed by atoms with Crippen LogP contribution in [0.3, 0.4) is 0 Å². The molecule has 0 saturated carbocycles. The summed E-state index contributed by atoms with van der Waals surface area (Å²) in [6, 6.07) is 16.4. The van der Waals surface area contributed by atoms with Crippen LogP contribution in [0, 0.1) is 20.8 Å². The molecule has 19 heavy (non-hydrogen) atoms. The zero-order valence-corrected chi connectivity index (χ0v) is 13.0. The highest BCUT2D eigenvalue weighted by Crippen LogP contribution is 2.14. The lowest BCUT2D eigenvalue weighted by molar-refractivity contribution is 0.411. The molecule has 1 heteroatoms. The van der Waals surface area contributed by atoms with Crippen molar-refractivity contribution in [3.05, 3.63) is 65.2 Å². The smallest absolute Gasteiger partial charge is 0.121 e. The van der Waals surface area contributed by atoms with Crippen LogP contribution in [0.1, 0.15) is 30.5 Å². The average molecular weight is 258 g/mol. The number of methoxy groups -OCH3 is 1. The standard InChI is InChI=1S/C8H10O.C8H10.C2H6/c1-7-5-3-4-6-8(7)9-2;1-7-4-3-5-8(2)6-7;1-2/h3-6H,1-2H3;3-6H,1-2H3;1-2H3. The summed E-state index contributed by atoms with van der Waals surface area (Å²) in [5.41, 5.74) is 3.86. The molecule has 0 spiro atoms. The Morgan fingerprint density at radius 3 is 1.58 bits per heavy atom. The number of hydrogen-bond acceptors (Lipinski definition) is 1. The second-order valence-corrected chi connectivity index (χ2v) is 4.13. The van der Waals surface area contributed by atoms with Crippen LogP contribution >= 0.6 is 0 Å². The van der Waals surface area contributed by atoms with Crippen LogP contribution in [0.2, 0.25) is 0 Å². The van der Waals surface area contributed by atoms with Crippen molar-refractivity contribution in [2.45, 2.75) is 34.6 Å². The molecule has 0 bridgehead atoms. The molecule has 0 aliphatic carbocycles. The fourth-order valence-corrected chi connectivity index (χ4v) is 1.59. The van der Waals surface area contributed by atoms with Crippen LogP contribution < -0.4 is 4.74 Å². The Morgan fingerprint density at radius 1 is 0.737 bits per heavy atom. The number of ether oxygens (including phenoxy) is 1. The first kappa shape index (κ1) is 17.2. The summed E-state index contributed by atoms with van der Waals surface area (Å²) in [5, 5.41) is 0. The fourth-order valence-electron chi connectivity index (χ4n) is 1.59. The summed E-state index contributed by atoms with van der Waals surface area (Å²) < 4.78 is 5.04. The van der Waals surface area contributed by atoms with Crippen molar-refractivity contribution < 1.29 is 4.74 Å². The maximum atomic E-state index is 5.04. The summed E-state index contributed by atoms with van der Waals surface area (Å²) in [6.45, 7) is 10.2. The summed E-state index contributed by atoms with van der Waals surface area (Å²) in [4.78, 5) is 0. The maximum Gasteiger partial charge on any atom is 0.121 e. The van der Waals surface area contributed by atoms with Crippen LogP contribution in [0.25, 0.3) is 0 Å². The molecular weight excluding hydrogens is 232 g/mol. The summed E-state index contributed by atoms with van der Waals surface area (Å²) in [7, 11) is 1.68. The molecule has 0 saturated heterocycles. The van der Waals surface area contributed by atoms with E-state index in [1.54, 1.807) is 7.11 Å². The molecular formula is C18H26O. The Balaban J connectivity index is 0.000000303. The molecule has 0 fully saturated rings. The molecule has 0 aliphatic heterocycles. The number of hydrogen-bond donors (Lipinski definition) is 0. The van der Waals surface area contributed by atoms with Crippen molar-refractivity contribution in [3.8, 4) is 5.75 Å². The van der Waals surface area contributed by atoms with E-state index in [0.29, 0.717) is 0 Å². The van der Waals surface area contributed by atoms with Gasteiger partial charge < -0.3 is 4.74 Å². The van der Waals surface area contributed by atoms with Crippen LogP contribution in [0.15, 0.2) is 48.5 Å².